The summed E-state index contributed by atoms with van der Waals surface area (Å²) in [7, 11) is 3.23. The van der Waals surface area contributed by atoms with Gasteiger partial charge in [0.25, 0.3) is 0 Å². The summed E-state index contributed by atoms with van der Waals surface area (Å²) in [6.07, 6.45) is 0. The Hall–Kier alpha value is -2.40. The van der Waals surface area contributed by atoms with Crippen molar-refractivity contribution in [3.8, 4) is 0 Å². The second-order valence-electron chi connectivity index (χ2n) is 5.54. The number of rotatable bonds is 2. The van der Waals surface area contributed by atoms with Gasteiger partial charge >= 0.3 is 5.97 Å². The standard InChI is InChI=1S/C18H18N2O2S/c1-11-15(17(21)22-3)16(19-18(23)20(11)2)14-9-8-12-6-4-5-7-13(12)10-14/h4-10,16H,1-3H3,(H,19,23)/t16-/m1/s1. The molecular weight excluding hydrogens is 308 g/mol. The van der Waals surface area contributed by atoms with Crippen molar-refractivity contribution in [2.75, 3.05) is 14.2 Å². The highest BCUT2D eigenvalue weighted by Gasteiger charge is 2.33. The minimum atomic E-state index is -0.345. The van der Waals surface area contributed by atoms with Crippen molar-refractivity contribution >= 4 is 34.1 Å². The quantitative estimate of drug-likeness (QED) is 0.678. The maximum Gasteiger partial charge on any atom is 0.337 e. The van der Waals surface area contributed by atoms with Crippen LogP contribution < -0.4 is 5.32 Å². The van der Waals surface area contributed by atoms with Crippen LogP contribution in [-0.4, -0.2) is 30.1 Å². The molecule has 2 aromatic carbocycles. The van der Waals surface area contributed by atoms with Crippen molar-refractivity contribution < 1.29 is 9.53 Å². The Kier molecular flexibility index (Phi) is 4.05. The second kappa shape index (κ2) is 6.01. The number of benzene rings is 2. The summed E-state index contributed by atoms with van der Waals surface area (Å²) in [5.74, 6) is -0.345. The van der Waals surface area contributed by atoms with Crippen LogP contribution in [0.3, 0.4) is 0 Å². The predicted octanol–water partition coefficient (Wildman–Crippen LogP) is 3.15. The molecular formula is C18H18N2O2S. The molecule has 1 heterocycles. The maximum absolute atomic E-state index is 12.3. The van der Waals surface area contributed by atoms with E-state index in [2.05, 4.69) is 29.6 Å². The van der Waals surface area contributed by atoms with Crippen molar-refractivity contribution in [2.24, 2.45) is 0 Å². The lowest BCUT2D eigenvalue weighted by Gasteiger charge is -2.35. The second-order valence-corrected chi connectivity index (χ2v) is 5.93. The van der Waals surface area contributed by atoms with E-state index in [1.54, 1.807) is 4.90 Å². The van der Waals surface area contributed by atoms with Crippen LogP contribution >= 0.6 is 12.2 Å². The fourth-order valence-corrected chi connectivity index (χ4v) is 3.10. The molecule has 0 saturated heterocycles. The number of carbonyl (C=O) groups is 1. The maximum atomic E-state index is 12.3. The number of carbonyl (C=O) groups excluding carboxylic acids is 1. The zero-order valence-corrected chi connectivity index (χ0v) is 14.1. The molecule has 118 valence electrons. The van der Waals surface area contributed by atoms with Crippen molar-refractivity contribution in [3.05, 3.63) is 59.3 Å². The van der Waals surface area contributed by atoms with Crippen LogP contribution in [0.25, 0.3) is 10.8 Å². The number of allylic oxidation sites excluding steroid dienone is 1. The third-order valence-electron chi connectivity index (χ3n) is 4.27. The first-order valence-electron chi connectivity index (χ1n) is 7.35. The van der Waals surface area contributed by atoms with Crippen molar-refractivity contribution in [2.45, 2.75) is 13.0 Å². The van der Waals surface area contributed by atoms with Gasteiger partial charge in [-0.05, 0) is 41.5 Å². The van der Waals surface area contributed by atoms with Crippen molar-refractivity contribution in [3.63, 3.8) is 0 Å². The number of hydrogen-bond acceptors (Lipinski definition) is 3. The lowest BCUT2D eigenvalue weighted by molar-refractivity contribution is -0.136. The van der Waals surface area contributed by atoms with Gasteiger partial charge in [0.15, 0.2) is 5.11 Å². The number of thiocarbonyl (C=S) groups is 1. The average Bonchev–Trinajstić information content (AvgIpc) is 2.58. The molecule has 3 rings (SSSR count). The Morgan fingerprint density at radius 3 is 2.61 bits per heavy atom. The number of ether oxygens (including phenoxy) is 1. The van der Waals surface area contributed by atoms with E-state index in [0.29, 0.717) is 10.7 Å². The van der Waals surface area contributed by atoms with Crippen LogP contribution in [-0.2, 0) is 9.53 Å². The van der Waals surface area contributed by atoms with Gasteiger partial charge in [-0.1, -0.05) is 36.4 Å². The lowest BCUT2D eigenvalue weighted by atomic mass is 9.93. The minimum Gasteiger partial charge on any atom is -0.466 e. The normalized spacial score (nSPS) is 18.1. The average molecular weight is 326 g/mol. The molecule has 0 fully saturated rings. The molecule has 1 aliphatic heterocycles. The van der Waals surface area contributed by atoms with E-state index in [-0.39, 0.29) is 12.0 Å². The first-order chi connectivity index (χ1) is 11.0. The molecule has 0 bridgehead atoms. The van der Waals surface area contributed by atoms with E-state index in [4.69, 9.17) is 17.0 Å². The molecule has 1 atom stereocenters. The Labute approximate surface area is 140 Å². The largest absolute Gasteiger partial charge is 0.466 e. The summed E-state index contributed by atoms with van der Waals surface area (Å²) in [4.78, 5) is 14.1. The van der Waals surface area contributed by atoms with Gasteiger partial charge in [0.1, 0.15) is 0 Å². The molecule has 0 aromatic heterocycles. The van der Waals surface area contributed by atoms with Crippen LogP contribution in [0.1, 0.15) is 18.5 Å². The van der Waals surface area contributed by atoms with Gasteiger partial charge in [-0.25, -0.2) is 4.79 Å². The van der Waals surface area contributed by atoms with E-state index in [9.17, 15) is 4.79 Å². The Morgan fingerprint density at radius 1 is 1.22 bits per heavy atom. The molecule has 1 N–H and O–H groups in total. The van der Waals surface area contributed by atoms with Gasteiger partial charge in [-0.15, -0.1) is 0 Å². The SMILES string of the molecule is COC(=O)C1=C(C)N(C)C(=S)N[C@@H]1c1ccc2ccccc2c1. The predicted molar refractivity (Wildman–Crippen MR) is 94.9 cm³/mol. The molecule has 5 heteroatoms. The van der Waals surface area contributed by atoms with Gasteiger partial charge in [-0.2, -0.15) is 0 Å². The van der Waals surface area contributed by atoms with Gasteiger partial charge in [0, 0.05) is 12.7 Å². The Morgan fingerprint density at radius 2 is 1.91 bits per heavy atom. The van der Waals surface area contributed by atoms with E-state index in [1.165, 1.54) is 7.11 Å². The molecule has 0 radical (unpaired) electrons. The number of methoxy groups -OCH3 is 1. The van der Waals surface area contributed by atoms with Crippen LogP contribution in [0.2, 0.25) is 0 Å². The van der Waals surface area contributed by atoms with Crippen LogP contribution in [0.4, 0.5) is 0 Å². The summed E-state index contributed by atoms with van der Waals surface area (Å²) in [5, 5.41) is 6.12. The molecule has 0 spiro atoms. The summed E-state index contributed by atoms with van der Waals surface area (Å²) in [6.45, 7) is 1.88. The summed E-state index contributed by atoms with van der Waals surface area (Å²) < 4.78 is 4.98. The molecule has 0 saturated carbocycles. The number of nitrogens with one attached hydrogen (secondary N) is 1. The molecule has 0 amide bonds. The first-order valence-corrected chi connectivity index (χ1v) is 7.75. The topological polar surface area (TPSA) is 41.6 Å². The number of nitrogens with zero attached hydrogens (tertiary/aromatic N) is 1. The molecule has 4 nitrogen and oxygen atoms in total. The van der Waals surface area contributed by atoms with Crippen molar-refractivity contribution in [1.29, 1.82) is 0 Å². The fraction of sp³-hybridized carbons (Fsp3) is 0.222. The highest BCUT2D eigenvalue weighted by atomic mass is 32.1. The third kappa shape index (κ3) is 2.68. The summed E-state index contributed by atoms with van der Waals surface area (Å²) in [5.41, 5.74) is 2.37. The summed E-state index contributed by atoms with van der Waals surface area (Å²) >= 11 is 5.38. The minimum absolute atomic E-state index is 0.309. The van der Waals surface area contributed by atoms with E-state index >= 15 is 0 Å². The smallest absolute Gasteiger partial charge is 0.337 e. The molecule has 23 heavy (non-hydrogen) atoms. The first kappa shape index (κ1) is 15.5. The highest BCUT2D eigenvalue weighted by molar-refractivity contribution is 7.80. The van der Waals surface area contributed by atoms with Gasteiger partial charge in [0.2, 0.25) is 0 Å². The lowest BCUT2D eigenvalue weighted by Crippen LogP contribution is -2.46. The van der Waals surface area contributed by atoms with E-state index in [0.717, 1.165) is 22.0 Å². The monoisotopic (exact) mass is 326 g/mol. The number of esters is 1. The summed E-state index contributed by atoms with van der Waals surface area (Å²) in [6, 6.07) is 14.0. The molecule has 0 aliphatic carbocycles. The van der Waals surface area contributed by atoms with Gasteiger partial charge in [-0.3, -0.25) is 0 Å². The molecule has 1 aliphatic rings. The molecule has 0 unspecified atom stereocenters. The molecule has 2 aromatic rings. The van der Waals surface area contributed by atoms with E-state index < -0.39 is 0 Å². The number of fused-ring (bicyclic) bond motifs is 1. The third-order valence-corrected chi connectivity index (χ3v) is 4.66. The Bertz CT molecular complexity index is 829. The number of hydrogen-bond donors (Lipinski definition) is 1. The Balaban J connectivity index is 2.14. The van der Waals surface area contributed by atoms with Crippen LogP contribution in [0.5, 0.6) is 0 Å². The van der Waals surface area contributed by atoms with Crippen molar-refractivity contribution in [1.82, 2.24) is 10.2 Å². The highest BCUT2D eigenvalue weighted by Crippen LogP contribution is 2.32. The van der Waals surface area contributed by atoms with Gasteiger partial charge in [0.05, 0.1) is 18.7 Å². The zero-order valence-electron chi connectivity index (χ0n) is 13.3. The zero-order chi connectivity index (χ0) is 16.6. The van der Waals surface area contributed by atoms with Gasteiger partial charge < -0.3 is 15.0 Å². The van der Waals surface area contributed by atoms with E-state index in [1.807, 2.05) is 32.2 Å². The fourth-order valence-electron chi connectivity index (χ4n) is 2.85. The van der Waals surface area contributed by atoms with Crippen LogP contribution in [0.15, 0.2) is 53.7 Å². The van der Waals surface area contributed by atoms with Crippen LogP contribution in [0, 0.1) is 0 Å².